The maximum absolute atomic E-state index is 11.5. The Morgan fingerprint density at radius 2 is 2.60 bits per heavy atom. The Bertz CT molecular complexity index is 379. The molecule has 0 spiro atoms. The average molecular weight is 240 g/mol. The van der Waals surface area contributed by atoms with Crippen LogP contribution in [0.4, 0.5) is 5.13 Å². The van der Waals surface area contributed by atoms with Gasteiger partial charge in [-0.25, -0.2) is 4.98 Å². The van der Waals surface area contributed by atoms with Crippen LogP contribution in [0.1, 0.15) is 5.69 Å². The van der Waals surface area contributed by atoms with Crippen molar-refractivity contribution in [1.29, 1.82) is 0 Å². The van der Waals surface area contributed by atoms with Crippen molar-refractivity contribution in [2.75, 3.05) is 18.3 Å². The molecule has 0 atom stereocenters. The summed E-state index contributed by atoms with van der Waals surface area (Å²) in [5, 5.41) is 8.65. The van der Waals surface area contributed by atoms with Gasteiger partial charge in [-0.1, -0.05) is 10.6 Å². The summed E-state index contributed by atoms with van der Waals surface area (Å²) < 4.78 is 0. The van der Waals surface area contributed by atoms with Crippen LogP contribution in [-0.2, 0) is 9.63 Å². The van der Waals surface area contributed by atoms with E-state index in [0.29, 0.717) is 16.2 Å². The normalized spacial score (nSPS) is 11.1. The zero-order chi connectivity index (χ0) is 11.3. The van der Waals surface area contributed by atoms with Crippen molar-refractivity contribution in [1.82, 2.24) is 10.3 Å². The topological polar surface area (TPSA) is 89.6 Å². The lowest BCUT2D eigenvalue weighted by Crippen LogP contribution is -2.32. The lowest BCUT2D eigenvalue weighted by atomic mass is 10.3. The van der Waals surface area contributed by atoms with E-state index in [1.807, 2.05) is 0 Å². The maximum Gasteiger partial charge on any atom is 0.274 e. The molecule has 1 rings (SSSR count). The molecule has 3 N–H and O–H groups in total. The SMILES string of the molecule is CO/N=C(\C(=O)N[CH2][Al])c1csc(N)n1. The highest BCUT2D eigenvalue weighted by atomic mass is 32.1. The number of oxime groups is 1. The molecule has 1 aromatic heterocycles. The first kappa shape index (κ1) is 12.0. The molecule has 78 valence electrons. The number of hydrogen-bond donors (Lipinski definition) is 2. The lowest BCUT2D eigenvalue weighted by molar-refractivity contribution is -0.114. The van der Waals surface area contributed by atoms with Gasteiger partial charge in [0.15, 0.2) is 27.1 Å². The van der Waals surface area contributed by atoms with Crippen LogP contribution < -0.4 is 11.1 Å². The number of rotatable bonds is 4. The molecular formula is C7H9AlN4O2S. The van der Waals surface area contributed by atoms with Crippen LogP contribution in [0.15, 0.2) is 10.5 Å². The maximum atomic E-state index is 11.5. The highest BCUT2D eigenvalue weighted by molar-refractivity contribution is 7.13. The Balaban J connectivity index is 2.93. The Labute approximate surface area is 98.9 Å². The number of aromatic nitrogens is 1. The molecule has 15 heavy (non-hydrogen) atoms. The van der Waals surface area contributed by atoms with E-state index in [0.717, 1.165) is 0 Å². The molecular weight excluding hydrogens is 231 g/mol. The summed E-state index contributed by atoms with van der Waals surface area (Å²) in [6.07, 6.45) is 0. The van der Waals surface area contributed by atoms with Gasteiger partial charge in [0.05, 0.1) is 0 Å². The molecule has 1 aromatic rings. The molecule has 1 amide bonds. The Hall–Kier alpha value is -1.10. The van der Waals surface area contributed by atoms with Gasteiger partial charge < -0.3 is 15.9 Å². The third kappa shape index (κ3) is 3.20. The summed E-state index contributed by atoms with van der Waals surface area (Å²) in [7, 11) is 1.36. The minimum absolute atomic E-state index is 0.118. The van der Waals surface area contributed by atoms with Crippen molar-refractivity contribution in [2.45, 2.75) is 0 Å². The number of carbonyl (C=O) groups excluding carboxylic acids is 1. The van der Waals surface area contributed by atoms with Crippen molar-refractivity contribution in [2.24, 2.45) is 5.16 Å². The second kappa shape index (κ2) is 5.70. The Morgan fingerprint density at radius 3 is 3.07 bits per heavy atom. The molecule has 0 bridgehead atoms. The summed E-state index contributed by atoms with van der Waals surface area (Å²) in [6, 6.07) is 0. The summed E-state index contributed by atoms with van der Waals surface area (Å²) >= 11 is 3.62. The number of anilines is 1. The van der Waals surface area contributed by atoms with E-state index in [1.54, 1.807) is 5.38 Å². The molecule has 1 heterocycles. The van der Waals surface area contributed by atoms with Gasteiger partial charge in [-0.15, -0.1) is 11.3 Å². The molecule has 0 aliphatic rings. The van der Waals surface area contributed by atoms with Crippen LogP contribution in [0.2, 0.25) is 0 Å². The first-order valence-electron chi connectivity index (χ1n) is 3.99. The monoisotopic (exact) mass is 240 g/mol. The van der Waals surface area contributed by atoms with E-state index in [2.05, 4.69) is 36.6 Å². The number of amides is 1. The van der Waals surface area contributed by atoms with Crippen molar-refractivity contribution in [3.05, 3.63) is 11.1 Å². The predicted molar refractivity (Wildman–Crippen MR) is 58.8 cm³/mol. The van der Waals surface area contributed by atoms with E-state index in [1.165, 1.54) is 18.4 Å². The van der Waals surface area contributed by atoms with Crippen molar-refractivity contribution in [3.63, 3.8) is 0 Å². The van der Waals surface area contributed by atoms with Crippen molar-refractivity contribution in [3.8, 4) is 0 Å². The minimum Gasteiger partial charge on any atom is -0.398 e. The molecule has 8 heteroatoms. The lowest BCUT2D eigenvalue weighted by Gasteiger charge is -2.02. The van der Waals surface area contributed by atoms with Gasteiger partial charge in [0.25, 0.3) is 5.91 Å². The number of nitrogens with zero attached hydrogens (tertiary/aromatic N) is 2. The molecule has 0 fully saturated rings. The van der Waals surface area contributed by atoms with Gasteiger partial charge in [0, 0.05) is 5.38 Å². The molecule has 0 saturated heterocycles. The van der Waals surface area contributed by atoms with E-state index < -0.39 is 0 Å². The van der Waals surface area contributed by atoms with E-state index >= 15 is 0 Å². The van der Waals surface area contributed by atoms with E-state index in [9.17, 15) is 4.79 Å². The van der Waals surface area contributed by atoms with E-state index in [4.69, 9.17) is 5.73 Å². The van der Waals surface area contributed by atoms with Crippen molar-refractivity contribution < 1.29 is 9.63 Å². The largest absolute Gasteiger partial charge is 0.398 e. The van der Waals surface area contributed by atoms with Gasteiger partial charge in [-0.05, 0) is 0 Å². The molecule has 0 saturated carbocycles. The molecule has 6 nitrogen and oxygen atoms in total. The molecule has 0 aliphatic heterocycles. The average Bonchev–Trinajstić information content (AvgIpc) is 2.61. The third-order valence-electron chi connectivity index (χ3n) is 1.42. The highest BCUT2D eigenvalue weighted by Crippen LogP contribution is 2.12. The van der Waals surface area contributed by atoms with Crippen LogP contribution in [0.5, 0.6) is 0 Å². The van der Waals surface area contributed by atoms with Gasteiger partial charge in [-0.2, -0.15) is 0 Å². The number of thiazole rings is 1. The van der Waals surface area contributed by atoms with Gasteiger partial charge in [-0.3, -0.25) is 4.79 Å². The minimum atomic E-state index is -0.350. The number of nitrogens with one attached hydrogen (secondary N) is 1. The van der Waals surface area contributed by atoms with Crippen LogP contribution >= 0.6 is 11.3 Å². The fraction of sp³-hybridized carbons (Fsp3) is 0.286. The standard InChI is InChI=1S/C7H9N4O2S.Al/c1-9-6(12)5(11-13-2)4-3-14-7(8)10-4;/h3H,1H2,2H3,(H2,8,10)(H,9,12);/b11-5-;. The zero-order valence-electron chi connectivity index (χ0n) is 8.06. The fourth-order valence-corrected chi connectivity index (χ4v) is 1.60. The van der Waals surface area contributed by atoms with Crippen LogP contribution in [0.25, 0.3) is 0 Å². The zero-order valence-corrected chi connectivity index (χ0v) is 10.0. The number of carbonyl (C=O) groups is 1. The highest BCUT2D eigenvalue weighted by Gasteiger charge is 2.16. The Kier molecular flexibility index (Phi) is 4.55. The van der Waals surface area contributed by atoms with E-state index in [-0.39, 0.29) is 11.6 Å². The molecule has 0 unspecified atom stereocenters. The molecule has 0 aromatic carbocycles. The van der Waals surface area contributed by atoms with Crippen LogP contribution in [0, 0.1) is 0 Å². The summed E-state index contributed by atoms with van der Waals surface area (Å²) in [5.74, 6) is -0.350. The van der Waals surface area contributed by atoms with Gasteiger partial charge >= 0.3 is 0 Å². The number of nitrogen functional groups attached to an aromatic ring is 1. The van der Waals surface area contributed by atoms with Crippen molar-refractivity contribution >= 4 is 44.4 Å². The summed E-state index contributed by atoms with van der Waals surface area (Å²) in [4.78, 5) is 20.1. The summed E-state index contributed by atoms with van der Waals surface area (Å²) in [6.45, 7) is 0. The van der Waals surface area contributed by atoms with Gasteiger partial charge in [0.2, 0.25) is 0 Å². The third-order valence-corrected chi connectivity index (χ3v) is 2.30. The predicted octanol–water partition coefficient (Wildman–Crippen LogP) is -0.682. The summed E-state index contributed by atoms with van der Waals surface area (Å²) in [5.41, 5.74) is 5.99. The second-order valence-electron chi connectivity index (χ2n) is 2.40. The number of nitrogens with two attached hydrogens (primary N) is 1. The smallest absolute Gasteiger partial charge is 0.274 e. The van der Waals surface area contributed by atoms with Gasteiger partial charge in [0.1, 0.15) is 12.8 Å². The Morgan fingerprint density at radius 1 is 1.87 bits per heavy atom. The van der Waals surface area contributed by atoms with Crippen LogP contribution in [-0.4, -0.2) is 45.4 Å². The quantitative estimate of drug-likeness (QED) is 0.414. The second-order valence-corrected chi connectivity index (χ2v) is 3.70. The molecule has 0 aliphatic carbocycles. The fourth-order valence-electron chi connectivity index (χ4n) is 0.869. The first-order valence-corrected chi connectivity index (χ1v) is 5.69. The molecule has 2 radical (unpaired) electrons. The number of hydrogen-bond acceptors (Lipinski definition) is 6. The first-order chi connectivity index (χ1) is 7.19. The van der Waals surface area contributed by atoms with Crippen LogP contribution in [0.3, 0.4) is 0 Å².